The topological polar surface area (TPSA) is 84.3 Å². The van der Waals surface area contributed by atoms with Crippen molar-refractivity contribution in [1.82, 2.24) is 19.8 Å². The van der Waals surface area contributed by atoms with E-state index in [1.807, 2.05) is 75.5 Å². The molecule has 1 atom stereocenters. The van der Waals surface area contributed by atoms with Crippen LogP contribution in [-0.4, -0.2) is 31.8 Å². The molecule has 3 aromatic carbocycles. The Kier molecular flexibility index (Phi) is 7.24. The maximum absolute atomic E-state index is 13.4. The lowest BCUT2D eigenvalue weighted by Crippen LogP contribution is -2.33. The first kappa shape index (κ1) is 26.2. The second-order valence-corrected chi connectivity index (χ2v) is 10.3. The van der Waals surface area contributed by atoms with Gasteiger partial charge in [0, 0.05) is 29.4 Å². The Bertz CT molecular complexity index is 1650. The number of nitrogens with zero attached hydrogens (tertiary/aromatic N) is 3. The summed E-state index contributed by atoms with van der Waals surface area (Å²) >= 11 is 0. The van der Waals surface area contributed by atoms with E-state index in [2.05, 4.69) is 51.8 Å². The van der Waals surface area contributed by atoms with Crippen molar-refractivity contribution in [1.29, 1.82) is 0 Å². The number of ether oxygens (including phenoxy) is 1. The van der Waals surface area contributed by atoms with Crippen LogP contribution >= 0.6 is 0 Å². The van der Waals surface area contributed by atoms with E-state index in [4.69, 9.17) is 4.74 Å². The molecule has 0 radical (unpaired) electrons. The van der Waals surface area contributed by atoms with Crippen molar-refractivity contribution in [3.8, 4) is 17.1 Å². The van der Waals surface area contributed by atoms with Crippen LogP contribution in [0.5, 0.6) is 5.75 Å². The Hall–Kier alpha value is -4.39. The lowest BCUT2D eigenvalue weighted by atomic mass is 9.96. The largest absolute Gasteiger partial charge is 0.480 e. The van der Waals surface area contributed by atoms with Crippen molar-refractivity contribution in [2.45, 2.75) is 60.5 Å². The first-order chi connectivity index (χ1) is 18.7. The number of amides is 1. The number of aryl methyl sites for hydroxylation is 4. The summed E-state index contributed by atoms with van der Waals surface area (Å²) < 4.78 is 8.08. The number of fused-ring (bicyclic) bond motifs is 1. The van der Waals surface area contributed by atoms with Crippen molar-refractivity contribution in [3.63, 3.8) is 0 Å². The number of nitrogens with one attached hydrogen (secondary N) is 2. The van der Waals surface area contributed by atoms with Gasteiger partial charge in [0.2, 0.25) is 0 Å². The molecule has 0 saturated carbocycles. The minimum atomic E-state index is -0.612. The van der Waals surface area contributed by atoms with Gasteiger partial charge in [-0.1, -0.05) is 61.0 Å². The Labute approximate surface area is 229 Å². The average molecular weight is 522 g/mol. The van der Waals surface area contributed by atoms with Gasteiger partial charge in [0.25, 0.3) is 5.91 Å². The van der Waals surface area contributed by atoms with Crippen molar-refractivity contribution in [2.24, 2.45) is 0 Å². The van der Waals surface area contributed by atoms with Gasteiger partial charge >= 0.3 is 0 Å². The zero-order valence-electron chi connectivity index (χ0n) is 23.4. The summed E-state index contributed by atoms with van der Waals surface area (Å²) in [4.78, 5) is 13.4. The Morgan fingerprint density at radius 1 is 0.949 bits per heavy atom. The maximum atomic E-state index is 13.4. The highest BCUT2D eigenvalue weighted by Crippen LogP contribution is 2.34. The third kappa shape index (κ3) is 5.30. The van der Waals surface area contributed by atoms with Crippen LogP contribution in [0.2, 0.25) is 0 Å². The van der Waals surface area contributed by atoms with Gasteiger partial charge < -0.3 is 10.1 Å². The molecule has 1 amide bonds. The minimum Gasteiger partial charge on any atom is -0.480 e. The number of benzene rings is 3. The molecule has 5 aromatic rings. The summed E-state index contributed by atoms with van der Waals surface area (Å²) in [6.45, 7) is 12.1. The zero-order chi connectivity index (χ0) is 27.7. The molecule has 0 bridgehead atoms. The number of aromatic amines is 1. The molecule has 0 saturated heterocycles. The quantitative estimate of drug-likeness (QED) is 0.239. The number of H-pyrrole nitrogens is 1. The van der Waals surface area contributed by atoms with E-state index in [9.17, 15) is 4.79 Å². The molecule has 200 valence electrons. The molecule has 2 heterocycles. The second-order valence-electron chi connectivity index (χ2n) is 10.3. The molecular formula is C32H35N5O2. The molecule has 39 heavy (non-hydrogen) atoms. The molecule has 0 fully saturated rings. The standard InChI is InChI=1S/C32H35N5O2/c1-7-26(39-27-14-13-19(2)15-20(27)3)32(38)33-30-22(5)16-21(4)29(23(30)6)31-35-34-28-18-25(36-37(28)31)17-24-11-9-8-10-12-24/h8-16,18,26,36H,7,17H2,1-6H3,(H,33,38). The van der Waals surface area contributed by atoms with E-state index < -0.39 is 6.10 Å². The van der Waals surface area contributed by atoms with Gasteiger partial charge in [-0.15, -0.1) is 10.2 Å². The third-order valence-corrected chi connectivity index (χ3v) is 7.19. The predicted octanol–water partition coefficient (Wildman–Crippen LogP) is 6.65. The highest BCUT2D eigenvalue weighted by molar-refractivity contribution is 5.97. The van der Waals surface area contributed by atoms with Crippen LogP contribution in [0.3, 0.4) is 0 Å². The number of anilines is 1. The minimum absolute atomic E-state index is 0.171. The highest BCUT2D eigenvalue weighted by Gasteiger charge is 2.24. The second kappa shape index (κ2) is 10.8. The van der Waals surface area contributed by atoms with Gasteiger partial charge in [-0.25, -0.2) is 4.52 Å². The van der Waals surface area contributed by atoms with Crippen LogP contribution in [0.25, 0.3) is 17.0 Å². The van der Waals surface area contributed by atoms with E-state index in [1.54, 1.807) is 0 Å². The molecule has 5 rings (SSSR count). The van der Waals surface area contributed by atoms with Crippen molar-refractivity contribution in [3.05, 3.63) is 99.7 Å². The van der Waals surface area contributed by atoms with Crippen molar-refractivity contribution >= 4 is 17.2 Å². The summed E-state index contributed by atoms with van der Waals surface area (Å²) in [6.07, 6.45) is 0.710. The third-order valence-electron chi connectivity index (χ3n) is 7.19. The lowest BCUT2D eigenvalue weighted by molar-refractivity contribution is -0.122. The molecular weight excluding hydrogens is 486 g/mol. The normalized spacial score (nSPS) is 12.1. The molecule has 0 aliphatic heterocycles. The number of hydrogen-bond acceptors (Lipinski definition) is 4. The predicted molar refractivity (Wildman–Crippen MR) is 155 cm³/mol. The van der Waals surface area contributed by atoms with Gasteiger partial charge in [0.15, 0.2) is 17.6 Å². The fourth-order valence-electron chi connectivity index (χ4n) is 5.23. The lowest BCUT2D eigenvalue weighted by Gasteiger charge is -2.22. The van der Waals surface area contributed by atoms with Crippen molar-refractivity contribution < 1.29 is 9.53 Å². The SMILES string of the molecule is CCC(Oc1ccc(C)cc1C)C(=O)Nc1c(C)cc(C)c(-c2nnc3cc(Cc4ccccc4)[nH]n23)c1C. The summed E-state index contributed by atoms with van der Waals surface area (Å²) in [6, 6.07) is 20.4. The Morgan fingerprint density at radius 2 is 1.72 bits per heavy atom. The monoisotopic (exact) mass is 521 g/mol. The fourth-order valence-corrected chi connectivity index (χ4v) is 5.23. The van der Waals surface area contributed by atoms with Crippen LogP contribution in [0.1, 0.15) is 52.4 Å². The van der Waals surface area contributed by atoms with Crippen LogP contribution in [0.15, 0.2) is 60.7 Å². The molecule has 7 nitrogen and oxygen atoms in total. The molecule has 2 N–H and O–H groups in total. The summed E-state index contributed by atoms with van der Waals surface area (Å²) in [5, 5.41) is 15.6. The molecule has 2 aromatic heterocycles. The van der Waals surface area contributed by atoms with E-state index in [1.165, 1.54) is 5.56 Å². The smallest absolute Gasteiger partial charge is 0.265 e. The van der Waals surface area contributed by atoms with Gasteiger partial charge in [-0.3, -0.25) is 9.89 Å². The zero-order valence-corrected chi connectivity index (χ0v) is 23.4. The number of hydrogen-bond donors (Lipinski definition) is 2. The summed E-state index contributed by atoms with van der Waals surface area (Å²) in [7, 11) is 0. The van der Waals surface area contributed by atoms with Gasteiger partial charge in [-0.05, 0) is 74.9 Å². The Morgan fingerprint density at radius 3 is 2.44 bits per heavy atom. The number of carbonyl (C=O) groups is 1. The van der Waals surface area contributed by atoms with Crippen LogP contribution < -0.4 is 10.1 Å². The van der Waals surface area contributed by atoms with Crippen LogP contribution in [0.4, 0.5) is 5.69 Å². The maximum Gasteiger partial charge on any atom is 0.265 e. The molecule has 0 aliphatic carbocycles. The van der Waals surface area contributed by atoms with Gasteiger partial charge in [-0.2, -0.15) is 0 Å². The number of rotatable bonds is 8. The molecule has 1 unspecified atom stereocenters. The van der Waals surface area contributed by atoms with E-state index in [0.717, 1.165) is 62.6 Å². The van der Waals surface area contributed by atoms with Gasteiger partial charge in [0.05, 0.1) is 0 Å². The van der Waals surface area contributed by atoms with Gasteiger partial charge in [0.1, 0.15) is 5.75 Å². The van der Waals surface area contributed by atoms with E-state index >= 15 is 0 Å². The Balaban J connectivity index is 1.45. The fraction of sp³-hybridized carbons (Fsp3) is 0.281. The number of aromatic nitrogens is 4. The summed E-state index contributed by atoms with van der Waals surface area (Å²) in [5.74, 6) is 1.27. The van der Waals surface area contributed by atoms with E-state index in [-0.39, 0.29) is 5.91 Å². The van der Waals surface area contributed by atoms with E-state index in [0.29, 0.717) is 12.2 Å². The number of carbonyl (C=O) groups excluding carboxylic acids is 1. The molecule has 7 heteroatoms. The molecule has 0 spiro atoms. The highest BCUT2D eigenvalue weighted by atomic mass is 16.5. The van der Waals surface area contributed by atoms with Crippen LogP contribution in [0, 0.1) is 34.6 Å². The summed E-state index contributed by atoms with van der Waals surface area (Å²) in [5.41, 5.74) is 9.92. The van der Waals surface area contributed by atoms with Crippen molar-refractivity contribution in [2.75, 3.05) is 5.32 Å². The van der Waals surface area contributed by atoms with Crippen LogP contribution in [-0.2, 0) is 11.2 Å². The average Bonchev–Trinajstić information content (AvgIpc) is 3.47. The first-order valence-corrected chi connectivity index (χ1v) is 13.4. The molecule has 0 aliphatic rings. The first-order valence-electron chi connectivity index (χ1n) is 13.4.